The van der Waals surface area contributed by atoms with Crippen molar-refractivity contribution in [3.63, 3.8) is 0 Å². The van der Waals surface area contributed by atoms with E-state index in [-0.39, 0.29) is 18.0 Å². The summed E-state index contributed by atoms with van der Waals surface area (Å²) in [6.07, 6.45) is 4.37. The highest BCUT2D eigenvalue weighted by molar-refractivity contribution is 5.95. The molecule has 2 aromatic rings. The van der Waals surface area contributed by atoms with Crippen LogP contribution < -0.4 is 4.57 Å². The molecule has 0 aliphatic carbocycles. The maximum atomic E-state index is 12.1. The van der Waals surface area contributed by atoms with Crippen LogP contribution in [0.5, 0.6) is 0 Å². The van der Waals surface area contributed by atoms with Gasteiger partial charge in [-0.1, -0.05) is 35.4 Å². The monoisotopic (exact) mass is 298 g/mol. The molecule has 0 aliphatic rings. The minimum absolute atomic E-state index is 0.0245. The third kappa shape index (κ3) is 4.12. The van der Waals surface area contributed by atoms with Crippen LogP contribution in [0.1, 0.15) is 20.8 Å². The molecule has 8 heteroatoms. The summed E-state index contributed by atoms with van der Waals surface area (Å²) in [5.41, 5.74) is 8.72. The molecule has 0 N–H and O–H groups in total. The highest BCUT2D eigenvalue weighted by Gasteiger charge is 2.16. The van der Waals surface area contributed by atoms with Gasteiger partial charge in [-0.15, -0.1) is 0 Å². The number of hydrogen-bond acceptors (Lipinski definition) is 5. The molecule has 2 rings (SSSR count). The maximum Gasteiger partial charge on any atom is 0.363 e. The summed E-state index contributed by atoms with van der Waals surface area (Å²) < 4.78 is 6.23. The second-order valence-corrected chi connectivity index (χ2v) is 4.19. The lowest BCUT2D eigenvalue weighted by Crippen LogP contribution is -2.38. The van der Waals surface area contributed by atoms with Crippen LogP contribution in [0.25, 0.3) is 10.4 Å². The van der Waals surface area contributed by atoms with E-state index < -0.39 is 12.7 Å². The highest BCUT2D eigenvalue weighted by Crippen LogP contribution is 2.00. The summed E-state index contributed by atoms with van der Waals surface area (Å²) in [7, 11) is 0. The highest BCUT2D eigenvalue weighted by atomic mass is 16.5. The Morgan fingerprint density at radius 2 is 2.09 bits per heavy atom. The molecule has 0 atom stereocenters. The third-order valence-corrected chi connectivity index (χ3v) is 2.71. The van der Waals surface area contributed by atoms with Crippen molar-refractivity contribution in [3.8, 4) is 0 Å². The average Bonchev–Trinajstić information content (AvgIpc) is 2.56. The van der Waals surface area contributed by atoms with E-state index in [1.165, 1.54) is 17.0 Å². The Morgan fingerprint density at radius 3 is 2.82 bits per heavy atom. The van der Waals surface area contributed by atoms with E-state index in [4.69, 9.17) is 10.3 Å². The Morgan fingerprint density at radius 1 is 1.32 bits per heavy atom. The summed E-state index contributed by atoms with van der Waals surface area (Å²) in [4.78, 5) is 30.1. The second-order valence-electron chi connectivity index (χ2n) is 4.19. The Hall–Kier alpha value is -3.25. The van der Waals surface area contributed by atoms with Gasteiger partial charge in [0.15, 0.2) is 12.9 Å². The molecule has 1 aromatic heterocycles. The molecule has 1 heterocycles. The largest absolute Gasteiger partial charge is 0.455 e. The van der Waals surface area contributed by atoms with Crippen molar-refractivity contribution in [3.05, 3.63) is 70.6 Å². The van der Waals surface area contributed by atoms with E-state index in [1.54, 1.807) is 30.5 Å². The molecular formula is C14H12N5O3+. The molecule has 0 unspecified atom stereocenters. The Labute approximate surface area is 125 Å². The van der Waals surface area contributed by atoms with E-state index in [0.29, 0.717) is 5.56 Å². The number of aromatic nitrogens is 2. The minimum atomic E-state index is -0.728. The van der Waals surface area contributed by atoms with Gasteiger partial charge in [0, 0.05) is 10.5 Å². The number of Topliss-reactive ketones (excluding diaryl/α,β-unsaturated/α-hetero) is 1. The van der Waals surface area contributed by atoms with Crippen molar-refractivity contribution < 1.29 is 18.9 Å². The van der Waals surface area contributed by atoms with Crippen LogP contribution in [-0.2, 0) is 11.3 Å². The zero-order valence-corrected chi connectivity index (χ0v) is 11.5. The first-order valence-corrected chi connectivity index (χ1v) is 6.32. The van der Waals surface area contributed by atoms with Crippen LogP contribution in [0.15, 0.2) is 54.0 Å². The predicted octanol–water partition coefficient (Wildman–Crippen LogP) is 1.68. The van der Waals surface area contributed by atoms with Gasteiger partial charge in [-0.3, -0.25) is 4.79 Å². The van der Waals surface area contributed by atoms with Gasteiger partial charge < -0.3 is 4.74 Å². The summed E-state index contributed by atoms with van der Waals surface area (Å²) in [6.45, 7) is -0.335. The van der Waals surface area contributed by atoms with Crippen molar-refractivity contribution in [1.82, 2.24) is 4.98 Å². The number of ether oxygens (including phenoxy) is 1. The summed E-state index contributed by atoms with van der Waals surface area (Å²) in [5.74, 6) is -0.820. The van der Waals surface area contributed by atoms with Gasteiger partial charge in [-0.2, -0.15) is 4.57 Å². The molecule has 0 aliphatic heterocycles. The van der Waals surface area contributed by atoms with Gasteiger partial charge in [0.1, 0.15) is 0 Å². The Balaban J connectivity index is 2.07. The van der Waals surface area contributed by atoms with Crippen molar-refractivity contribution in [2.24, 2.45) is 5.11 Å². The zero-order chi connectivity index (χ0) is 15.8. The number of carbonyl (C=O) groups is 2. The number of hydrogen-bond donors (Lipinski definition) is 0. The van der Waals surface area contributed by atoms with Gasteiger partial charge in [-0.25, -0.2) is 9.78 Å². The molecule has 0 saturated heterocycles. The minimum Gasteiger partial charge on any atom is -0.455 e. The topological polar surface area (TPSA) is 109 Å². The lowest BCUT2D eigenvalue weighted by molar-refractivity contribution is -0.683. The van der Waals surface area contributed by atoms with Crippen molar-refractivity contribution >= 4 is 11.8 Å². The zero-order valence-electron chi connectivity index (χ0n) is 11.5. The van der Waals surface area contributed by atoms with Crippen molar-refractivity contribution in [1.29, 1.82) is 0 Å². The smallest absolute Gasteiger partial charge is 0.363 e. The first kappa shape index (κ1) is 15.1. The lowest BCUT2D eigenvalue weighted by atomic mass is 10.1. The summed E-state index contributed by atoms with van der Waals surface area (Å²) in [6, 6.07) is 8.83. The fourth-order valence-electron chi connectivity index (χ4n) is 1.70. The molecule has 0 amide bonds. The quantitative estimate of drug-likeness (QED) is 0.202. The van der Waals surface area contributed by atoms with Crippen LogP contribution >= 0.6 is 0 Å². The molecule has 8 nitrogen and oxygen atoms in total. The molecule has 0 bridgehead atoms. The maximum absolute atomic E-state index is 12.1. The van der Waals surface area contributed by atoms with Crippen LogP contribution in [0, 0.1) is 0 Å². The molecule has 0 fully saturated rings. The lowest BCUT2D eigenvalue weighted by Gasteiger charge is -2.00. The van der Waals surface area contributed by atoms with E-state index in [9.17, 15) is 9.59 Å². The van der Waals surface area contributed by atoms with Gasteiger partial charge in [0.05, 0.1) is 6.20 Å². The fraction of sp³-hybridized carbons (Fsp3) is 0.143. The standard InChI is InChI=1S/C14H12N5O3/c15-18-17-10-22-14(21)12-8-19(7-6-16-12)9-13(20)11-4-2-1-3-5-11/h1-8H,9-10H2/q+1. The van der Waals surface area contributed by atoms with E-state index in [1.807, 2.05) is 6.07 Å². The predicted molar refractivity (Wildman–Crippen MR) is 74.6 cm³/mol. The summed E-state index contributed by atoms with van der Waals surface area (Å²) >= 11 is 0. The SMILES string of the molecule is [N-]=[N+]=NCOC(=O)c1c[n+](CC(=O)c2ccccc2)ccn1. The van der Waals surface area contributed by atoms with E-state index in [2.05, 4.69) is 15.0 Å². The first-order valence-electron chi connectivity index (χ1n) is 6.32. The number of nitrogens with zero attached hydrogens (tertiary/aromatic N) is 5. The average molecular weight is 298 g/mol. The third-order valence-electron chi connectivity index (χ3n) is 2.71. The number of azide groups is 1. The van der Waals surface area contributed by atoms with E-state index >= 15 is 0 Å². The van der Waals surface area contributed by atoms with Crippen LogP contribution in [0.2, 0.25) is 0 Å². The van der Waals surface area contributed by atoms with Crippen molar-refractivity contribution in [2.45, 2.75) is 6.54 Å². The number of benzene rings is 1. The first-order chi connectivity index (χ1) is 10.7. The van der Waals surface area contributed by atoms with Gasteiger partial charge >= 0.3 is 5.97 Å². The number of esters is 1. The molecule has 0 radical (unpaired) electrons. The van der Waals surface area contributed by atoms with E-state index in [0.717, 1.165) is 0 Å². The second kappa shape index (κ2) is 7.51. The molecule has 1 aromatic carbocycles. The van der Waals surface area contributed by atoms with Crippen LogP contribution in [0.3, 0.4) is 0 Å². The Bertz CT molecular complexity index is 726. The fourth-order valence-corrected chi connectivity index (χ4v) is 1.70. The van der Waals surface area contributed by atoms with Crippen molar-refractivity contribution in [2.75, 3.05) is 6.73 Å². The van der Waals surface area contributed by atoms with Gasteiger partial charge in [-0.05, 0) is 5.53 Å². The van der Waals surface area contributed by atoms with Crippen LogP contribution in [0.4, 0.5) is 0 Å². The number of carbonyl (C=O) groups excluding carboxylic acids is 2. The molecular weight excluding hydrogens is 286 g/mol. The molecule has 22 heavy (non-hydrogen) atoms. The van der Waals surface area contributed by atoms with Gasteiger partial charge in [0.25, 0.3) is 0 Å². The van der Waals surface area contributed by atoms with Gasteiger partial charge in [0.2, 0.25) is 24.2 Å². The number of ketones is 1. The molecule has 0 saturated carbocycles. The van der Waals surface area contributed by atoms with Crippen LogP contribution in [-0.4, -0.2) is 23.5 Å². The Kier molecular flexibility index (Phi) is 5.17. The number of rotatable bonds is 6. The molecule has 110 valence electrons. The molecule has 0 spiro atoms. The summed E-state index contributed by atoms with van der Waals surface area (Å²) in [5, 5.41) is 3.10. The normalized spacial score (nSPS) is 9.64.